The van der Waals surface area contributed by atoms with Gasteiger partial charge in [0.2, 0.25) is 0 Å². The number of para-hydroxylation sites is 1. The standard InChI is InChI=1S/C29H22BrNO3/c30-27-25-11-4-5-12-26(25)31(28(27)29(32)33)18-21-9-6-10-23(17-21)22-13-15-24(16-14-22)34-19-20-7-2-1-3-8-20/h1-17H,18-19H2,(H,32,33). The summed E-state index contributed by atoms with van der Waals surface area (Å²) in [4.78, 5) is 12.0. The number of halogens is 1. The SMILES string of the molecule is O=C(O)c1c(Br)c2ccccc2n1Cc1cccc(-c2ccc(OCc3ccccc3)cc2)c1. The van der Waals surface area contributed by atoms with Gasteiger partial charge in [0.25, 0.3) is 0 Å². The minimum Gasteiger partial charge on any atom is -0.489 e. The van der Waals surface area contributed by atoms with Crippen LogP contribution in [0.5, 0.6) is 5.75 Å². The molecule has 0 atom stereocenters. The van der Waals surface area contributed by atoms with E-state index in [9.17, 15) is 9.90 Å². The van der Waals surface area contributed by atoms with Gasteiger partial charge in [-0.25, -0.2) is 4.79 Å². The van der Waals surface area contributed by atoms with E-state index in [1.807, 2.05) is 95.6 Å². The Hall–Kier alpha value is -3.83. The summed E-state index contributed by atoms with van der Waals surface area (Å²) in [5.41, 5.74) is 5.44. The van der Waals surface area contributed by atoms with Gasteiger partial charge in [-0.05, 0) is 62.4 Å². The largest absolute Gasteiger partial charge is 0.489 e. The summed E-state index contributed by atoms with van der Waals surface area (Å²) in [5, 5.41) is 10.7. The molecule has 4 nitrogen and oxygen atoms in total. The number of hydrogen-bond donors (Lipinski definition) is 1. The van der Waals surface area contributed by atoms with E-state index in [4.69, 9.17) is 4.74 Å². The van der Waals surface area contributed by atoms with Crippen LogP contribution in [-0.4, -0.2) is 15.6 Å². The smallest absolute Gasteiger partial charge is 0.353 e. The predicted molar refractivity (Wildman–Crippen MR) is 138 cm³/mol. The Kier molecular flexibility index (Phi) is 6.19. The normalized spacial score (nSPS) is 11.0. The zero-order chi connectivity index (χ0) is 23.5. The van der Waals surface area contributed by atoms with Gasteiger partial charge in [-0.1, -0.05) is 78.9 Å². The molecule has 0 aliphatic rings. The second-order valence-electron chi connectivity index (χ2n) is 8.07. The van der Waals surface area contributed by atoms with Crippen molar-refractivity contribution in [1.29, 1.82) is 0 Å². The molecule has 0 radical (unpaired) electrons. The molecular weight excluding hydrogens is 490 g/mol. The van der Waals surface area contributed by atoms with Crippen molar-refractivity contribution >= 4 is 32.8 Å². The molecule has 168 valence electrons. The topological polar surface area (TPSA) is 51.5 Å². The summed E-state index contributed by atoms with van der Waals surface area (Å²) in [6, 6.07) is 34.0. The Bertz CT molecular complexity index is 1460. The van der Waals surface area contributed by atoms with Crippen molar-refractivity contribution in [2.24, 2.45) is 0 Å². The number of nitrogens with zero attached hydrogens (tertiary/aromatic N) is 1. The maximum absolute atomic E-state index is 12.0. The van der Waals surface area contributed by atoms with Crippen molar-refractivity contribution in [2.45, 2.75) is 13.2 Å². The molecule has 0 saturated heterocycles. The molecule has 34 heavy (non-hydrogen) atoms. The first-order valence-electron chi connectivity index (χ1n) is 11.0. The van der Waals surface area contributed by atoms with Gasteiger partial charge in [0.1, 0.15) is 18.1 Å². The molecule has 0 bridgehead atoms. The lowest BCUT2D eigenvalue weighted by molar-refractivity contribution is 0.0685. The van der Waals surface area contributed by atoms with Gasteiger partial charge >= 0.3 is 5.97 Å². The second kappa shape index (κ2) is 9.57. The Morgan fingerprint density at radius 1 is 0.794 bits per heavy atom. The minimum absolute atomic E-state index is 0.256. The van der Waals surface area contributed by atoms with Crippen molar-refractivity contribution in [2.75, 3.05) is 0 Å². The van der Waals surface area contributed by atoms with Crippen molar-refractivity contribution in [3.63, 3.8) is 0 Å². The number of carbonyl (C=O) groups is 1. The fraction of sp³-hybridized carbons (Fsp3) is 0.0690. The number of fused-ring (bicyclic) bond motifs is 1. The fourth-order valence-electron chi connectivity index (χ4n) is 4.15. The fourth-order valence-corrected chi connectivity index (χ4v) is 4.87. The highest BCUT2D eigenvalue weighted by molar-refractivity contribution is 9.10. The van der Waals surface area contributed by atoms with Crippen molar-refractivity contribution in [3.8, 4) is 16.9 Å². The molecule has 0 amide bonds. The predicted octanol–water partition coefficient (Wildman–Crippen LogP) is 7.40. The van der Waals surface area contributed by atoms with Crippen LogP contribution in [0.25, 0.3) is 22.0 Å². The van der Waals surface area contributed by atoms with Crippen LogP contribution in [-0.2, 0) is 13.2 Å². The quantitative estimate of drug-likeness (QED) is 0.247. The molecule has 0 aliphatic heterocycles. The van der Waals surface area contributed by atoms with E-state index in [0.717, 1.165) is 38.9 Å². The van der Waals surface area contributed by atoms with Crippen LogP contribution < -0.4 is 4.74 Å². The van der Waals surface area contributed by atoms with Crippen LogP contribution in [0.1, 0.15) is 21.6 Å². The summed E-state index contributed by atoms with van der Waals surface area (Å²) in [6.45, 7) is 0.988. The lowest BCUT2D eigenvalue weighted by Crippen LogP contribution is -2.10. The van der Waals surface area contributed by atoms with Crippen LogP contribution in [0.2, 0.25) is 0 Å². The Morgan fingerprint density at radius 2 is 1.50 bits per heavy atom. The molecule has 1 aromatic heterocycles. The highest BCUT2D eigenvalue weighted by Gasteiger charge is 2.20. The summed E-state index contributed by atoms with van der Waals surface area (Å²) in [5.74, 6) is -0.135. The number of hydrogen-bond acceptors (Lipinski definition) is 2. The molecule has 1 N–H and O–H groups in total. The van der Waals surface area contributed by atoms with Gasteiger partial charge in [0, 0.05) is 11.9 Å². The maximum atomic E-state index is 12.0. The number of ether oxygens (including phenoxy) is 1. The molecular formula is C29H22BrNO3. The summed E-state index contributed by atoms with van der Waals surface area (Å²) in [7, 11) is 0. The van der Waals surface area contributed by atoms with E-state index in [1.54, 1.807) is 0 Å². The van der Waals surface area contributed by atoms with E-state index in [0.29, 0.717) is 17.6 Å². The minimum atomic E-state index is -0.953. The first kappa shape index (κ1) is 22.0. The average molecular weight is 512 g/mol. The molecule has 0 unspecified atom stereocenters. The lowest BCUT2D eigenvalue weighted by Gasteiger charge is -2.11. The summed E-state index contributed by atoms with van der Waals surface area (Å²) in [6.07, 6.45) is 0. The van der Waals surface area contributed by atoms with Gasteiger partial charge in [0.05, 0.1) is 9.99 Å². The lowest BCUT2D eigenvalue weighted by atomic mass is 10.0. The second-order valence-corrected chi connectivity index (χ2v) is 8.86. The monoisotopic (exact) mass is 511 g/mol. The van der Waals surface area contributed by atoms with Gasteiger partial charge in [-0.15, -0.1) is 0 Å². The molecule has 0 aliphatic carbocycles. The van der Waals surface area contributed by atoms with E-state index in [2.05, 4.69) is 28.1 Å². The molecule has 0 fully saturated rings. The number of carboxylic acids is 1. The average Bonchev–Trinajstić information content (AvgIpc) is 3.15. The number of rotatable bonds is 7. The van der Waals surface area contributed by atoms with Crippen molar-refractivity contribution in [1.82, 2.24) is 4.57 Å². The molecule has 4 aromatic carbocycles. The van der Waals surface area contributed by atoms with E-state index < -0.39 is 5.97 Å². The van der Waals surface area contributed by atoms with Crippen LogP contribution in [0, 0.1) is 0 Å². The third kappa shape index (κ3) is 4.47. The number of aromatic nitrogens is 1. The Balaban J connectivity index is 1.39. The van der Waals surface area contributed by atoms with Gasteiger partial charge in [-0.2, -0.15) is 0 Å². The molecule has 0 spiro atoms. The molecule has 0 saturated carbocycles. The Labute approximate surface area is 206 Å². The van der Waals surface area contributed by atoms with Crippen LogP contribution in [0.3, 0.4) is 0 Å². The number of aromatic carboxylic acids is 1. The third-order valence-corrected chi connectivity index (χ3v) is 6.62. The van der Waals surface area contributed by atoms with E-state index >= 15 is 0 Å². The van der Waals surface area contributed by atoms with Gasteiger partial charge < -0.3 is 14.4 Å². The van der Waals surface area contributed by atoms with Gasteiger partial charge in [-0.3, -0.25) is 0 Å². The van der Waals surface area contributed by atoms with Crippen molar-refractivity contribution < 1.29 is 14.6 Å². The highest BCUT2D eigenvalue weighted by atomic mass is 79.9. The molecule has 5 aromatic rings. The zero-order valence-corrected chi connectivity index (χ0v) is 19.9. The van der Waals surface area contributed by atoms with Crippen LogP contribution in [0.15, 0.2) is 108 Å². The first-order valence-corrected chi connectivity index (χ1v) is 11.8. The van der Waals surface area contributed by atoms with E-state index in [-0.39, 0.29) is 5.69 Å². The van der Waals surface area contributed by atoms with Gasteiger partial charge in [0.15, 0.2) is 0 Å². The third-order valence-electron chi connectivity index (χ3n) is 5.82. The number of carboxylic acid groups (broad SMARTS) is 1. The molecule has 5 heteroatoms. The first-order chi connectivity index (χ1) is 16.6. The maximum Gasteiger partial charge on any atom is 0.353 e. The van der Waals surface area contributed by atoms with Crippen LogP contribution >= 0.6 is 15.9 Å². The van der Waals surface area contributed by atoms with Crippen LogP contribution in [0.4, 0.5) is 0 Å². The van der Waals surface area contributed by atoms with E-state index in [1.165, 1.54) is 0 Å². The molecule has 1 heterocycles. The summed E-state index contributed by atoms with van der Waals surface area (Å²) < 4.78 is 8.36. The highest BCUT2D eigenvalue weighted by Crippen LogP contribution is 2.32. The zero-order valence-electron chi connectivity index (χ0n) is 18.3. The Morgan fingerprint density at radius 3 is 2.26 bits per heavy atom. The molecule has 5 rings (SSSR count). The summed E-state index contributed by atoms with van der Waals surface area (Å²) >= 11 is 3.49. The number of benzene rings is 4. The van der Waals surface area contributed by atoms with Crippen molar-refractivity contribution in [3.05, 3.63) is 124 Å².